The van der Waals surface area contributed by atoms with Gasteiger partial charge in [-0.1, -0.05) is 27.7 Å². The Morgan fingerprint density at radius 1 is 1.38 bits per heavy atom. The maximum absolute atomic E-state index is 12.1. The summed E-state index contributed by atoms with van der Waals surface area (Å²) in [6.07, 6.45) is 2.26. The lowest BCUT2D eigenvalue weighted by molar-refractivity contribution is 0.0362. The molecule has 2 aromatic heterocycles. The van der Waals surface area contributed by atoms with Crippen molar-refractivity contribution in [2.75, 3.05) is 6.61 Å². The highest BCUT2D eigenvalue weighted by molar-refractivity contribution is 5.94. The molecule has 0 aromatic carbocycles. The van der Waals surface area contributed by atoms with Crippen molar-refractivity contribution in [1.29, 1.82) is 0 Å². The van der Waals surface area contributed by atoms with E-state index in [1.165, 1.54) is 0 Å². The Balaban J connectivity index is 2.52. The number of hydrogen-bond acceptors (Lipinski definition) is 4. The van der Waals surface area contributed by atoms with E-state index >= 15 is 0 Å². The monoisotopic (exact) mass is 290 g/mol. The molecule has 114 valence electrons. The van der Waals surface area contributed by atoms with Crippen LogP contribution >= 0.6 is 0 Å². The summed E-state index contributed by atoms with van der Waals surface area (Å²) in [5.74, 6) is -0.295. The van der Waals surface area contributed by atoms with E-state index in [1.54, 1.807) is 10.7 Å². The number of nitrogens with zero attached hydrogens (tertiary/aromatic N) is 3. The molecule has 0 bridgehead atoms. The van der Waals surface area contributed by atoms with Crippen molar-refractivity contribution in [3.8, 4) is 0 Å². The molecule has 2 aromatic rings. The highest BCUT2D eigenvalue weighted by atomic mass is 16.6. The largest absolute Gasteiger partial charge is 0.278 e. The number of amides is 1. The maximum atomic E-state index is 12.1. The summed E-state index contributed by atoms with van der Waals surface area (Å²) in [5, 5.41) is 4.61. The van der Waals surface area contributed by atoms with Crippen molar-refractivity contribution >= 4 is 11.6 Å². The van der Waals surface area contributed by atoms with Gasteiger partial charge >= 0.3 is 0 Å². The first-order valence-corrected chi connectivity index (χ1v) is 7.18. The molecule has 1 amide bonds. The van der Waals surface area contributed by atoms with E-state index in [4.69, 9.17) is 4.84 Å². The van der Waals surface area contributed by atoms with Gasteiger partial charge in [0, 0.05) is 17.7 Å². The first-order valence-electron chi connectivity index (χ1n) is 7.18. The Hall–Kier alpha value is -1.95. The minimum absolute atomic E-state index is 0.0630. The number of carbonyl (C=O) groups is 1. The zero-order valence-electron chi connectivity index (χ0n) is 13.2. The van der Waals surface area contributed by atoms with Crippen LogP contribution in [0.4, 0.5) is 0 Å². The number of fused-ring (bicyclic) bond motifs is 1. The van der Waals surface area contributed by atoms with Crippen LogP contribution in [0.1, 0.15) is 56.4 Å². The van der Waals surface area contributed by atoms with Crippen LogP contribution in [-0.4, -0.2) is 27.1 Å². The van der Waals surface area contributed by atoms with E-state index in [9.17, 15) is 4.79 Å². The molecule has 0 radical (unpaired) electrons. The summed E-state index contributed by atoms with van der Waals surface area (Å²) >= 11 is 0. The van der Waals surface area contributed by atoms with Crippen LogP contribution in [0.3, 0.4) is 0 Å². The molecule has 2 rings (SSSR count). The number of carbonyl (C=O) groups excluding carboxylic acids is 1. The SMILES string of the molecule is CCONC(=O)c1cnc2cc(C(C)(C)C)nn2c1CC. The highest BCUT2D eigenvalue weighted by Crippen LogP contribution is 2.23. The number of aryl methyl sites for hydroxylation is 1. The molecule has 2 heterocycles. The van der Waals surface area contributed by atoms with Gasteiger partial charge in [-0.25, -0.2) is 15.0 Å². The third-order valence-corrected chi connectivity index (χ3v) is 3.24. The third-order valence-electron chi connectivity index (χ3n) is 3.24. The van der Waals surface area contributed by atoms with E-state index in [0.29, 0.717) is 18.6 Å². The second-order valence-electron chi connectivity index (χ2n) is 5.89. The van der Waals surface area contributed by atoms with Gasteiger partial charge in [-0.05, 0) is 13.3 Å². The predicted octanol–water partition coefficient (Wildman–Crippen LogP) is 2.27. The minimum atomic E-state index is -0.295. The molecule has 0 spiro atoms. The Kier molecular flexibility index (Phi) is 4.27. The third kappa shape index (κ3) is 3.05. The topological polar surface area (TPSA) is 68.5 Å². The summed E-state index contributed by atoms with van der Waals surface area (Å²) < 4.78 is 1.75. The highest BCUT2D eigenvalue weighted by Gasteiger charge is 2.21. The summed E-state index contributed by atoms with van der Waals surface area (Å²) in [5.41, 5.74) is 5.36. The molecule has 6 heteroatoms. The van der Waals surface area contributed by atoms with Gasteiger partial charge in [-0.3, -0.25) is 9.63 Å². The normalized spacial score (nSPS) is 11.9. The van der Waals surface area contributed by atoms with Crippen molar-refractivity contribution < 1.29 is 9.63 Å². The van der Waals surface area contributed by atoms with Crippen LogP contribution in [-0.2, 0) is 16.7 Å². The van der Waals surface area contributed by atoms with Crippen LogP contribution in [0.5, 0.6) is 0 Å². The zero-order valence-corrected chi connectivity index (χ0v) is 13.2. The van der Waals surface area contributed by atoms with Crippen molar-refractivity contribution in [2.45, 2.75) is 46.5 Å². The fourth-order valence-electron chi connectivity index (χ4n) is 2.07. The molecular weight excluding hydrogens is 268 g/mol. The Labute approximate surface area is 124 Å². The van der Waals surface area contributed by atoms with Crippen LogP contribution in [0.25, 0.3) is 5.65 Å². The predicted molar refractivity (Wildman–Crippen MR) is 80.2 cm³/mol. The fraction of sp³-hybridized carbons (Fsp3) is 0.533. The first kappa shape index (κ1) is 15.4. The summed E-state index contributed by atoms with van der Waals surface area (Å²) in [7, 11) is 0. The summed E-state index contributed by atoms with van der Waals surface area (Å²) in [4.78, 5) is 21.4. The van der Waals surface area contributed by atoms with Crippen LogP contribution in [0.2, 0.25) is 0 Å². The Morgan fingerprint density at radius 3 is 2.67 bits per heavy atom. The quantitative estimate of drug-likeness (QED) is 0.877. The molecule has 0 unspecified atom stereocenters. The number of rotatable bonds is 4. The summed E-state index contributed by atoms with van der Waals surface area (Å²) in [6, 6.07) is 1.96. The van der Waals surface area contributed by atoms with Gasteiger partial charge in [0.05, 0.1) is 23.6 Å². The van der Waals surface area contributed by atoms with Crippen molar-refractivity contribution in [1.82, 2.24) is 20.1 Å². The molecule has 21 heavy (non-hydrogen) atoms. The minimum Gasteiger partial charge on any atom is -0.274 e. The second kappa shape index (κ2) is 5.81. The molecule has 0 saturated heterocycles. The van der Waals surface area contributed by atoms with Crippen molar-refractivity contribution in [3.63, 3.8) is 0 Å². The van der Waals surface area contributed by atoms with E-state index in [2.05, 4.69) is 36.3 Å². The lowest BCUT2D eigenvalue weighted by Crippen LogP contribution is -2.26. The van der Waals surface area contributed by atoms with Gasteiger partial charge in [0.25, 0.3) is 5.91 Å². The number of aromatic nitrogens is 3. The average Bonchev–Trinajstić information content (AvgIpc) is 2.87. The first-order chi connectivity index (χ1) is 9.88. The van der Waals surface area contributed by atoms with Gasteiger partial charge in [0.2, 0.25) is 0 Å². The number of nitrogens with one attached hydrogen (secondary N) is 1. The van der Waals surface area contributed by atoms with Gasteiger partial charge < -0.3 is 0 Å². The molecule has 0 aliphatic rings. The van der Waals surface area contributed by atoms with Crippen LogP contribution in [0.15, 0.2) is 12.3 Å². The lowest BCUT2D eigenvalue weighted by atomic mass is 9.93. The van der Waals surface area contributed by atoms with Crippen LogP contribution < -0.4 is 5.48 Å². The van der Waals surface area contributed by atoms with E-state index in [-0.39, 0.29) is 11.3 Å². The molecule has 0 aliphatic heterocycles. The van der Waals surface area contributed by atoms with E-state index in [1.807, 2.05) is 19.9 Å². The standard InChI is InChI=1S/C15H22N4O2/c1-6-11-10(14(20)18-21-7-2)9-16-13-8-12(15(3,4)5)17-19(11)13/h8-9H,6-7H2,1-5H3,(H,18,20). The molecule has 0 fully saturated rings. The van der Waals surface area contributed by atoms with Crippen molar-refractivity contribution in [3.05, 3.63) is 29.2 Å². The average molecular weight is 290 g/mol. The van der Waals surface area contributed by atoms with Crippen LogP contribution in [0, 0.1) is 0 Å². The van der Waals surface area contributed by atoms with E-state index in [0.717, 1.165) is 17.0 Å². The molecule has 0 atom stereocenters. The second-order valence-corrected chi connectivity index (χ2v) is 5.89. The number of hydrogen-bond donors (Lipinski definition) is 1. The molecule has 0 saturated carbocycles. The van der Waals surface area contributed by atoms with E-state index < -0.39 is 0 Å². The lowest BCUT2D eigenvalue weighted by Gasteiger charge is -2.14. The fourth-order valence-corrected chi connectivity index (χ4v) is 2.07. The molecular formula is C15H22N4O2. The van der Waals surface area contributed by atoms with Gasteiger partial charge in [-0.2, -0.15) is 5.10 Å². The van der Waals surface area contributed by atoms with Crippen molar-refractivity contribution in [2.24, 2.45) is 0 Å². The Morgan fingerprint density at radius 2 is 2.10 bits per heavy atom. The van der Waals surface area contributed by atoms with Gasteiger partial charge in [0.1, 0.15) is 0 Å². The Bertz CT molecular complexity index is 655. The zero-order chi connectivity index (χ0) is 15.6. The van der Waals surface area contributed by atoms with Gasteiger partial charge in [-0.15, -0.1) is 0 Å². The smallest absolute Gasteiger partial charge is 0.274 e. The molecule has 0 aliphatic carbocycles. The van der Waals surface area contributed by atoms with Gasteiger partial charge in [0.15, 0.2) is 5.65 Å². The number of hydroxylamine groups is 1. The molecule has 1 N–H and O–H groups in total. The molecule has 6 nitrogen and oxygen atoms in total. The summed E-state index contributed by atoms with van der Waals surface area (Å²) in [6.45, 7) is 10.5. The maximum Gasteiger partial charge on any atom is 0.278 e.